The second-order valence-electron chi connectivity index (χ2n) is 7.98. The van der Waals surface area contributed by atoms with Crippen LogP contribution in [-0.4, -0.2) is 25.4 Å². The monoisotopic (exact) mass is 471 g/mol. The third kappa shape index (κ3) is 6.36. The van der Waals surface area contributed by atoms with Crippen LogP contribution < -0.4 is 14.8 Å². The first-order valence-electron chi connectivity index (χ1n) is 10.4. The number of rotatable bonds is 8. The molecule has 7 nitrogen and oxygen atoms in total. The number of amides is 1. The van der Waals surface area contributed by atoms with Crippen molar-refractivity contribution in [2.75, 3.05) is 0 Å². The van der Waals surface area contributed by atoms with Crippen LogP contribution in [0.2, 0.25) is 0 Å². The fraction of sp³-hybridized carbons (Fsp3) is 0.250. The molecule has 0 aliphatic carbocycles. The van der Waals surface area contributed by atoms with Gasteiger partial charge < -0.3 is 10.1 Å². The maximum absolute atomic E-state index is 14.2. The first-order valence-corrected chi connectivity index (χ1v) is 11.8. The van der Waals surface area contributed by atoms with Crippen molar-refractivity contribution >= 4 is 15.9 Å². The highest BCUT2D eigenvalue weighted by Crippen LogP contribution is 2.24. The fourth-order valence-electron chi connectivity index (χ4n) is 3.01. The zero-order chi connectivity index (χ0) is 24.2. The van der Waals surface area contributed by atoms with Gasteiger partial charge in [-0.2, -0.15) is 0 Å². The fourth-order valence-corrected chi connectivity index (χ4v) is 4.28. The minimum atomic E-state index is -3.86. The van der Waals surface area contributed by atoms with E-state index in [0.717, 1.165) is 29.3 Å². The number of nitrogens with zero attached hydrogens (tertiary/aromatic N) is 1. The quantitative estimate of drug-likeness (QED) is 0.512. The Kier molecular flexibility index (Phi) is 7.45. The number of hydrogen-bond acceptors (Lipinski definition) is 5. The highest BCUT2D eigenvalue weighted by molar-refractivity contribution is 7.89. The minimum Gasteiger partial charge on any atom is -0.439 e. The van der Waals surface area contributed by atoms with E-state index in [0.29, 0.717) is 17.2 Å². The molecular formula is C24H26FN3O4S. The second-order valence-corrected chi connectivity index (χ2v) is 9.69. The molecule has 2 N–H and O–H groups in total. The number of hydrogen-bond donors (Lipinski definition) is 2. The number of sulfonamides is 1. The molecule has 0 spiro atoms. The van der Waals surface area contributed by atoms with Crippen LogP contribution in [-0.2, 0) is 16.6 Å². The van der Waals surface area contributed by atoms with Gasteiger partial charge in [0.2, 0.25) is 15.9 Å². The molecule has 0 aliphatic rings. The van der Waals surface area contributed by atoms with Crippen LogP contribution in [0.25, 0.3) is 0 Å². The van der Waals surface area contributed by atoms with Gasteiger partial charge in [-0.25, -0.2) is 22.5 Å². The molecule has 0 atom stereocenters. The Morgan fingerprint density at radius 3 is 2.52 bits per heavy atom. The summed E-state index contributed by atoms with van der Waals surface area (Å²) in [6.45, 7) is 7.33. The number of carbonyl (C=O) groups excluding carboxylic acids is 1. The van der Waals surface area contributed by atoms with Gasteiger partial charge in [0.1, 0.15) is 11.6 Å². The normalized spacial score (nSPS) is 11.5. The molecule has 1 aromatic heterocycles. The van der Waals surface area contributed by atoms with E-state index in [4.69, 9.17) is 4.74 Å². The van der Waals surface area contributed by atoms with Crippen molar-refractivity contribution in [3.63, 3.8) is 0 Å². The van der Waals surface area contributed by atoms with Gasteiger partial charge in [-0.05, 0) is 68.7 Å². The number of ether oxygens (including phenoxy) is 1. The van der Waals surface area contributed by atoms with Gasteiger partial charge in [-0.15, -0.1) is 0 Å². The number of nitrogens with one attached hydrogen (secondary N) is 2. The predicted molar refractivity (Wildman–Crippen MR) is 123 cm³/mol. The number of carbonyl (C=O) groups is 1. The molecule has 0 bridgehead atoms. The lowest BCUT2D eigenvalue weighted by molar-refractivity contribution is 0.0946. The van der Waals surface area contributed by atoms with Gasteiger partial charge in [-0.1, -0.05) is 18.2 Å². The van der Waals surface area contributed by atoms with Crippen LogP contribution in [0.5, 0.6) is 11.6 Å². The van der Waals surface area contributed by atoms with E-state index >= 15 is 0 Å². The zero-order valence-corrected chi connectivity index (χ0v) is 19.7. The predicted octanol–water partition coefficient (Wildman–Crippen LogP) is 4.25. The zero-order valence-electron chi connectivity index (χ0n) is 18.8. The van der Waals surface area contributed by atoms with Crippen molar-refractivity contribution in [2.24, 2.45) is 0 Å². The molecule has 0 unspecified atom stereocenters. The minimum absolute atomic E-state index is 0.0796. The summed E-state index contributed by atoms with van der Waals surface area (Å²) in [6.07, 6.45) is 1.55. The smallest absolute Gasteiger partial charge is 0.254 e. The average Bonchev–Trinajstić information content (AvgIpc) is 2.75. The summed E-state index contributed by atoms with van der Waals surface area (Å²) in [5.74, 6) is -0.433. The lowest BCUT2D eigenvalue weighted by atomic mass is 10.1. The van der Waals surface area contributed by atoms with E-state index in [1.807, 2.05) is 32.0 Å². The Hall–Kier alpha value is -3.30. The molecule has 1 amide bonds. The van der Waals surface area contributed by atoms with Gasteiger partial charge in [0.15, 0.2) is 0 Å². The molecule has 1 heterocycles. The number of aromatic nitrogens is 1. The van der Waals surface area contributed by atoms with Crippen LogP contribution in [0.3, 0.4) is 0 Å². The third-order valence-electron chi connectivity index (χ3n) is 4.69. The van der Waals surface area contributed by atoms with Gasteiger partial charge in [0.05, 0.1) is 10.5 Å². The van der Waals surface area contributed by atoms with Crippen LogP contribution >= 0.6 is 0 Å². The SMILES string of the molecule is Cc1ccc(C)c(Oc2ccc(CNC(=O)c3cc(S(=O)(=O)NC(C)C)ccc3F)cn2)c1. The van der Waals surface area contributed by atoms with Crippen LogP contribution in [0, 0.1) is 19.7 Å². The lowest BCUT2D eigenvalue weighted by Crippen LogP contribution is -2.31. The topological polar surface area (TPSA) is 97.4 Å². The Balaban J connectivity index is 1.67. The standard InChI is InChI=1S/C24H26FN3O4S/c1-15(2)28-33(30,31)19-8-9-21(25)20(12-19)24(29)27-14-18-7-10-23(26-13-18)32-22-11-16(3)5-6-17(22)4/h5-13,15,28H,14H2,1-4H3,(H,27,29). The van der Waals surface area contributed by atoms with Crippen molar-refractivity contribution in [3.05, 3.63) is 82.8 Å². The van der Waals surface area contributed by atoms with Crippen molar-refractivity contribution in [1.29, 1.82) is 0 Å². The molecular weight excluding hydrogens is 445 g/mol. The molecule has 0 radical (unpaired) electrons. The van der Waals surface area contributed by atoms with E-state index in [1.54, 1.807) is 32.2 Å². The van der Waals surface area contributed by atoms with E-state index in [-0.39, 0.29) is 23.0 Å². The molecule has 0 saturated carbocycles. The van der Waals surface area contributed by atoms with Crippen molar-refractivity contribution in [1.82, 2.24) is 15.0 Å². The van der Waals surface area contributed by atoms with Crippen LogP contribution in [0.4, 0.5) is 4.39 Å². The molecule has 33 heavy (non-hydrogen) atoms. The Bertz CT molecular complexity index is 1260. The number of pyridine rings is 1. The Morgan fingerprint density at radius 1 is 1.09 bits per heavy atom. The average molecular weight is 472 g/mol. The molecule has 0 fully saturated rings. The van der Waals surface area contributed by atoms with E-state index in [9.17, 15) is 17.6 Å². The van der Waals surface area contributed by atoms with Crippen LogP contribution in [0.15, 0.2) is 59.6 Å². The van der Waals surface area contributed by atoms with E-state index in [1.165, 1.54) is 0 Å². The first kappa shape index (κ1) is 24.3. The second kappa shape index (κ2) is 10.1. The highest BCUT2D eigenvalue weighted by Gasteiger charge is 2.20. The highest BCUT2D eigenvalue weighted by atomic mass is 32.2. The largest absolute Gasteiger partial charge is 0.439 e. The summed E-state index contributed by atoms with van der Waals surface area (Å²) in [5.41, 5.74) is 2.36. The molecule has 0 saturated heterocycles. The molecule has 0 aliphatic heterocycles. The molecule has 3 aromatic rings. The van der Waals surface area contributed by atoms with Gasteiger partial charge in [-0.3, -0.25) is 4.79 Å². The Morgan fingerprint density at radius 2 is 1.85 bits per heavy atom. The molecule has 2 aromatic carbocycles. The number of aryl methyl sites for hydroxylation is 2. The number of halogens is 1. The van der Waals surface area contributed by atoms with Crippen molar-refractivity contribution in [2.45, 2.75) is 45.2 Å². The van der Waals surface area contributed by atoms with Gasteiger partial charge in [0.25, 0.3) is 5.91 Å². The van der Waals surface area contributed by atoms with E-state index < -0.39 is 21.7 Å². The summed E-state index contributed by atoms with van der Waals surface area (Å²) in [7, 11) is -3.86. The maximum Gasteiger partial charge on any atom is 0.254 e. The van der Waals surface area contributed by atoms with Crippen molar-refractivity contribution in [3.8, 4) is 11.6 Å². The van der Waals surface area contributed by atoms with Crippen molar-refractivity contribution < 1.29 is 22.3 Å². The summed E-state index contributed by atoms with van der Waals surface area (Å²) >= 11 is 0. The number of benzene rings is 2. The lowest BCUT2D eigenvalue weighted by Gasteiger charge is -2.12. The summed E-state index contributed by atoms with van der Waals surface area (Å²) < 4.78 is 47.1. The van der Waals surface area contributed by atoms with Gasteiger partial charge in [0, 0.05) is 24.8 Å². The van der Waals surface area contributed by atoms with E-state index in [2.05, 4.69) is 15.0 Å². The summed E-state index contributed by atoms with van der Waals surface area (Å²) in [5, 5.41) is 2.59. The molecule has 3 rings (SSSR count). The van der Waals surface area contributed by atoms with Gasteiger partial charge >= 0.3 is 0 Å². The van der Waals surface area contributed by atoms with Crippen LogP contribution in [0.1, 0.15) is 40.9 Å². The first-order chi connectivity index (χ1) is 15.5. The maximum atomic E-state index is 14.2. The Labute approximate surface area is 193 Å². The summed E-state index contributed by atoms with van der Waals surface area (Å²) in [6, 6.07) is 12.1. The molecule has 174 valence electrons. The molecule has 9 heteroatoms. The third-order valence-corrected chi connectivity index (χ3v) is 6.35. The summed E-state index contributed by atoms with van der Waals surface area (Å²) in [4.78, 5) is 16.6.